The highest BCUT2D eigenvalue weighted by atomic mass is 19.4. The molecule has 0 aromatic heterocycles. The van der Waals surface area contributed by atoms with E-state index < -0.39 is 29.3 Å². The van der Waals surface area contributed by atoms with E-state index in [1.54, 1.807) is 4.90 Å². The van der Waals surface area contributed by atoms with Crippen molar-refractivity contribution in [3.63, 3.8) is 0 Å². The molecule has 3 rings (SSSR count). The molecule has 0 saturated carbocycles. The molecular formula is C19H17F5N2O2. The molecule has 1 N–H and O–H groups in total. The van der Waals surface area contributed by atoms with Crippen molar-refractivity contribution in [3.8, 4) is 5.75 Å². The highest BCUT2D eigenvalue weighted by molar-refractivity contribution is 5.82. The van der Waals surface area contributed by atoms with Gasteiger partial charge in [0.05, 0.1) is 24.4 Å². The fourth-order valence-corrected chi connectivity index (χ4v) is 2.92. The number of carbonyl (C=O) groups excluding carboxylic acids is 1. The Bertz CT molecular complexity index is 870. The molecule has 1 amide bonds. The summed E-state index contributed by atoms with van der Waals surface area (Å²) in [4.78, 5) is 14.0. The van der Waals surface area contributed by atoms with Gasteiger partial charge >= 0.3 is 6.18 Å². The third-order valence-corrected chi connectivity index (χ3v) is 4.25. The maximum atomic E-state index is 13.4. The van der Waals surface area contributed by atoms with E-state index in [0.717, 1.165) is 6.07 Å². The summed E-state index contributed by atoms with van der Waals surface area (Å²) in [5, 5.41) is 2.52. The maximum absolute atomic E-state index is 13.4. The van der Waals surface area contributed by atoms with Gasteiger partial charge in [0.2, 0.25) is 5.91 Å². The van der Waals surface area contributed by atoms with Crippen molar-refractivity contribution < 1.29 is 31.5 Å². The standard InChI is InChI=1S/C19H17F5N2O2/c20-13-3-5-16-17(9-13)28-7-1-6-26(16)11-18(27)25-10-12-2-4-15(21)14(8-12)19(22,23)24/h2-5,8-9H,1,6-7,10-11H2,(H,25,27). The van der Waals surface area contributed by atoms with Crippen molar-refractivity contribution in [2.24, 2.45) is 0 Å². The molecule has 0 radical (unpaired) electrons. The van der Waals surface area contributed by atoms with Gasteiger partial charge in [-0.25, -0.2) is 8.78 Å². The van der Waals surface area contributed by atoms with Crippen LogP contribution in [-0.2, 0) is 17.5 Å². The summed E-state index contributed by atoms with van der Waals surface area (Å²) in [6.45, 7) is 0.628. The third-order valence-electron chi connectivity index (χ3n) is 4.25. The Morgan fingerprint density at radius 2 is 1.93 bits per heavy atom. The number of anilines is 1. The van der Waals surface area contributed by atoms with Crippen LogP contribution >= 0.6 is 0 Å². The average molecular weight is 400 g/mol. The van der Waals surface area contributed by atoms with Gasteiger partial charge in [-0.15, -0.1) is 0 Å². The number of carbonyl (C=O) groups is 1. The van der Waals surface area contributed by atoms with Crippen molar-refractivity contribution >= 4 is 11.6 Å². The first-order chi connectivity index (χ1) is 13.2. The molecule has 0 spiro atoms. The smallest absolute Gasteiger partial charge is 0.419 e. The molecule has 150 valence electrons. The van der Waals surface area contributed by atoms with Crippen LogP contribution in [0.4, 0.5) is 27.6 Å². The molecule has 0 saturated heterocycles. The lowest BCUT2D eigenvalue weighted by Crippen LogP contribution is -2.37. The summed E-state index contributed by atoms with van der Waals surface area (Å²) in [6, 6.07) is 6.59. The highest BCUT2D eigenvalue weighted by Crippen LogP contribution is 2.32. The Hall–Kier alpha value is -2.84. The molecule has 4 nitrogen and oxygen atoms in total. The van der Waals surface area contributed by atoms with E-state index in [1.165, 1.54) is 24.3 Å². The molecule has 28 heavy (non-hydrogen) atoms. The first kappa shape index (κ1) is 19.9. The minimum Gasteiger partial charge on any atom is -0.491 e. The highest BCUT2D eigenvalue weighted by Gasteiger charge is 2.34. The van der Waals surface area contributed by atoms with Crippen LogP contribution in [0, 0.1) is 11.6 Å². The Balaban J connectivity index is 1.65. The Morgan fingerprint density at radius 3 is 2.68 bits per heavy atom. The van der Waals surface area contributed by atoms with Gasteiger partial charge in [0.1, 0.15) is 17.4 Å². The van der Waals surface area contributed by atoms with E-state index >= 15 is 0 Å². The molecule has 1 aliphatic heterocycles. The van der Waals surface area contributed by atoms with Crippen LogP contribution in [0.1, 0.15) is 17.5 Å². The zero-order valence-corrected chi connectivity index (χ0v) is 14.7. The molecule has 2 aromatic carbocycles. The number of nitrogens with zero attached hydrogens (tertiary/aromatic N) is 1. The third kappa shape index (κ3) is 4.71. The minimum absolute atomic E-state index is 0.0741. The second kappa shape index (κ2) is 8.04. The van der Waals surface area contributed by atoms with E-state index in [-0.39, 0.29) is 18.7 Å². The van der Waals surface area contributed by atoms with E-state index in [1.807, 2.05) is 0 Å². The second-order valence-electron chi connectivity index (χ2n) is 6.32. The quantitative estimate of drug-likeness (QED) is 0.792. The van der Waals surface area contributed by atoms with Crippen molar-refractivity contribution in [2.75, 3.05) is 24.6 Å². The van der Waals surface area contributed by atoms with E-state index in [0.29, 0.717) is 37.1 Å². The van der Waals surface area contributed by atoms with Gasteiger partial charge in [0.15, 0.2) is 0 Å². The van der Waals surface area contributed by atoms with Crippen LogP contribution in [0.5, 0.6) is 5.75 Å². The molecule has 0 bridgehead atoms. The predicted octanol–water partition coefficient (Wildman–Crippen LogP) is 3.89. The van der Waals surface area contributed by atoms with Gasteiger partial charge in [-0.2, -0.15) is 13.2 Å². The SMILES string of the molecule is O=C(CN1CCCOc2cc(F)ccc21)NCc1ccc(F)c(C(F)(F)F)c1. The van der Waals surface area contributed by atoms with E-state index in [2.05, 4.69) is 5.32 Å². The molecule has 0 atom stereocenters. The van der Waals surface area contributed by atoms with Crippen LogP contribution in [0.2, 0.25) is 0 Å². The maximum Gasteiger partial charge on any atom is 0.419 e. The Morgan fingerprint density at radius 1 is 1.14 bits per heavy atom. The predicted molar refractivity (Wildman–Crippen MR) is 92.0 cm³/mol. The summed E-state index contributed by atoms with van der Waals surface area (Å²) in [6.07, 6.45) is -4.19. The van der Waals surface area contributed by atoms with Crippen LogP contribution in [0.25, 0.3) is 0 Å². The summed E-state index contributed by atoms with van der Waals surface area (Å²) in [7, 11) is 0. The van der Waals surface area contributed by atoms with Crippen LogP contribution in [0.3, 0.4) is 0 Å². The summed E-state index contributed by atoms with van der Waals surface area (Å²) in [5.74, 6) is -1.92. The lowest BCUT2D eigenvalue weighted by atomic mass is 10.1. The van der Waals surface area contributed by atoms with Gasteiger partial charge in [0.25, 0.3) is 0 Å². The summed E-state index contributed by atoms with van der Waals surface area (Å²) < 4.78 is 70.5. The zero-order chi connectivity index (χ0) is 20.3. The van der Waals surface area contributed by atoms with Crippen LogP contribution in [0.15, 0.2) is 36.4 Å². The van der Waals surface area contributed by atoms with Gasteiger partial charge in [-0.3, -0.25) is 4.79 Å². The molecule has 9 heteroatoms. The van der Waals surface area contributed by atoms with E-state index in [9.17, 15) is 26.7 Å². The first-order valence-corrected chi connectivity index (χ1v) is 8.53. The lowest BCUT2D eigenvalue weighted by Gasteiger charge is -2.23. The minimum atomic E-state index is -4.81. The van der Waals surface area contributed by atoms with Crippen LogP contribution < -0.4 is 15.0 Å². The largest absolute Gasteiger partial charge is 0.491 e. The zero-order valence-electron chi connectivity index (χ0n) is 14.7. The topological polar surface area (TPSA) is 41.6 Å². The molecule has 0 aliphatic carbocycles. The number of rotatable bonds is 4. The van der Waals surface area contributed by atoms with Crippen molar-refractivity contribution in [2.45, 2.75) is 19.1 Å². The Kier molecular flexibility index (Phi) is 5.71. The number of hydrogen-bond donors (Lipinski definition) is 1. The molecule has 1 heterocycles. The molecular weight excluding hydrogens is 383 g/mol. The number of ether oxygens (including phenoxy) is 1. The first-order valence-electron chi connectivity index (χ1n) is 8.53. The fourth-order valence-electron chi connectivity index (χ4n) is 2.92. The second-order valence-corrected chi connectivity index (χ2v) is 6.32. The number of benzene rings is 2. The van der Waals surface area contributed by atoms with Crippen molar-refractivity contribution in [1.29, 1.82) is 0 Å². The molecule has 0 unspecified atom stereocenters. The van der Waals surface area contributed by atoms with Crippen molar-refractivity contribution in [1.82, 2.24) is 5.32 Å². The van der Waals surface area contributed by atoms with Gasteiger partial charge in [0, 0.05) is 19.2 Å². The lowest BCUT2D eigenvalue weighted by molar-refractivity contribution is -0.140. The summed E-state index contributed by atoms with van der Waals surface area (Å²) >= 11 is 0. The number of alkyl halides is 3. The molecule has 1 aliphatic rings. The average Bonchev–Trinajstić information content (AvgIpc) is 2.82. The number of nitrogens with one attached hydrogen (secondary N) is 1. The van der Waals surface area contributed by atoms with Gasteiger partial charge < -0.3 is 15.0 Å². The molecule has 2 aromatic rings. The van der Waals surface area contributed by atoms with Gasteiger partial charge in [-0.1, -0.05) is 6.07 Å². The number of amides is 1. The van der Waals surface area contributed by atoms with Crippen LogP contribution in [-0.4, -0.2) is 25.6 Å². The van der Waals surface area contributed by atoms with Gasteiger partial charge in [-0.05, 0) is 36.2 Å². The summed E-state index contributed by atoms with van der Waals surface area (Å²) in [5.41, 5.74) is -0.682. The van der Waals surface area contributed by atoms with Crippen molar-refractivity contribution in [3.05, 3.63) is 59.2 Å². The number of fused-ring (bicyclic) bond motifs is 1. The number of halogens is 5. The normalized spacial score (nSPS) is 14.1. The fraction of sp³-hybridized carbons (Fsp3) is 0.316. The number of hydrogen-bond acceptors (Lipinski definition) is 3. The molecule has 0 fully saturated rings. The monoisotopic (exact) mass is 400 g/mol. The van der Waals surface area contributed by atoms with E-state index in [4.69, 9.17) is 4.74 Å². The Labute approximate surface area is 157 Å².